The maximum absolute atomic E-state index is 13.5. The van der Waals surface area contributed by atoms with Gasteiger partial charge in [-0.2, -0.15) is 0 Å². The van der Waals surface area contributed by atoms with Crippen LogP contribution in [0.15, 0.2) is 18.2 Å². The minimum absolute atomic E-state index is 0.130. The van der Waals surface area contributed by atoms with Crippen molar-refractivity contribution in [1.29, 1.82) is 0 Å². The van der Waals surface area contributed by atoms with Crippen LogP contribution in [0.3, 0.4) is 0 Å². The number of nitrogens with zero attached hydrogens (tertiary/aromatic N) is 3. The molecular weight excluding hydrogens is 321 g/mol. The Balaban J connectivity index is 1.53. The summed E-state index contributed by atoms with van der Waals surface area (Å²) < 4.78 is 18.7. The summed E-state index contributed by atoms with van der Waals surface area (Å²) in [6.45, 7) is 7.13. The molecule has 0 aliphatic carbocycles. The summed E-state index contributed by atoms with van der Waals surface area (Å²) in [5.41, 5.74) is 0.319. The van der Waals surface area contributed by atoms with Crippen molar-refractivity contribution >= 4 is 5.91 Å². The van der Waals surface area contributed by atoms with Gasteiger partial charge in [0.25, 0.3) is 5.91 Å². The molecule has 2 aliphatic heterocycles. The predicted octanol–water partition coefficient (Wildman–Crippen LogP) is 1.93. The number of likely N-dealkylation sites (N-methyl/N-ethyl adjacent to an activating group) is 1. The lowest BCUT2D eigenvalue weighted by molar-refractivity contribution is 0.0640. The normalized spacial score (nSPS) is 20.7. The molecule has 0 atom stereocenters. The highest BCUT2D eigenvalue weighted by molar-refractivity contribution is 5.97. The number of likely N-dealkylation sites (tertiary alicyclic amines) is 1. The first-order valence-electron chi connectivity index (χ1n) is 9.10. The van der Waals surface area contributed by atoms with E-state index in [0.717, 1.165) is 58.7 Å². The summed E-state index contributed by atoms with van der Waals surface area (Å²) in [5.74, 6) is 0.538. The molecule has 0 spiro atoms. The lowest BCUT2D eigenvalue weighted by atomic mass is 9.95. The van der Waals surface area contributed by atoms with E-state index >= 15 is 0 Å². The van der Waals surface area contributed by atoms with Crippen molar-refractivity contribution in [2.75, 3.05) is 60.0 Å². The topological polar surface area (TPSA) is 36.0 Å². The molecule has 6 heteroatoms. The average Bonchev–Trinajstić information content (AvgIpc) is 2.63. The number of hydrogen-bond acceptors (Lipinski definition) is 4. The van der Waals surface area contributed by atoms with Crippen LogP contribution in [-0.4, -0.2) is 80.6 Å². The van der Waals surface area contributed by atoms with E-state index in [4.69, 9.17) is 4.74 Å². The Morgan fingerprint density at radius 1 is 1.16 bits per heavy atom. The molecule has 138 valence electrons. The van der Waals surface area contributed by atoms with Gasteiger partial charge in [-0.25, -0.2) is 4.39 Å². The molecule has 0 bridgehead atoms. The van der Waals surface area contributed by atoms with Gasteiger partial charge in [0.2, 0.25) is 0 Å². The molecule has 2 fully saturated rings. The summed E-state index contributed by atoms with van der Waals surface area (Å²) in [4.78, 5) is 19.5. The van der Waals surface area contributed by atoms with Crippen LogP contribution in [0.4, 0.5) is 4.39 Å². The second kappa shape index (κ2) is 8.15. The fraction of sp³-hybridized carbons (Fsp3) is 0.632. The number of carbonyl (C=O) groups is 1. The molecule has 1 amide bonds. The van der Waals surface area contributed by atoms with E-state index in [-0.39, 0.29) is 5.91 Å². The van der Waals surface area contributed by atoms with Gasteiger partial charge in [0, 0.05) is 45.8 Å². The van der Waals surface area contributed by atoms with Crippen LogP contribution in [0, 0.1) is 11.7 Å². The maximum Gasteiger partial charge on any atom is 0.257 e. The number of carbonyl (C=O) groups excluding carboxylic acids is 1. The minimum atomic E-state index is -0.408. The van der Waals surface area contributed by atoms with Crippen molar-refractivity contribution in [2.24, 2.45) is 5.92 Å². The van der Waals surface area contributed by atoms with Crippen molar-refractivity contribution in [3.63, 3.8) is 0 Å². The zero-order valence-electron chi connectivity index (χ0n) is 15.2. The first-order chi connectivity index (χ1) is 12.1. The standard InChI is InChI=1S/C19H28FN3O2/c1-21-9-11-22(12-10-21)14-15-5-7-23(8-6-15)19(24)17-13-16(20)3-4-18(17)25-2/h3-4,13,15H,5-12,14H2,1-2H3. The minimum Gasteiger partial charge on any atom is -0.496 e. The zero-order valence-corrected chi connectivity index (χ0v) is 15.2. The molecule has 0 aromatic heterocycles. The first kappa shape index (κ1) is 18.1. The largest absolute Gasteiger partial charge is 0.496 e. The Labute approximate surface area is 149 Å². The first-order valence-corrected chi connectivity index (χ1v) is 9.10. The van der Waals surface area contributed by atoms with Crippen LogP contribution in [0.5, 0.6) is 5.75 Å². The summed E-state index contributed by atoms with van der Waals surface area (Å²) in [5, 5.41) is 0. The Morgan fingerprint density at radius 3 is 2.48 bits per heavy atom. The Kier molecular flexibility index (Phi) is 5.91. The number of piperazine rings is 1. The molecular formula is C19H28FN3O2. The zero-order chi connectivity index (χ0) is 17.8. The average molecular weight is 349 g/mol. The van der Waals surface area contributed by atoms with Crippen molar-refractivity contribution in [3.05, 3.63) is 29.6 Å². The van der Waals surface area contributed by atoms with Gasteiger partial charge in [-0.1, -0.05) is 0 Å². The van der Waals surface area contributed by atoms with Gasteiger partial charge < -0.3 is 19.4 Å². The Hall–Kier alpha value is -1.66. The molecule has 2 saturated heterocycles. The van der Waals surface area contributed by atoms with Gasteiger partial charge in [-0.3, -0.25) is 4.79 Å². The van der Waals surface area contributed by atoms with Crippen molar-refractivity contribution < 1.29 is 13.9 Å². The van der Waals surface area contributed by atoms with Gasteiger partial charge in [-0.15, -0.1) is 0 Å². The summed E-state index contributed by atoms with van der Waals surface area (Å²) >= 11 is 0. The number of amides is 1. The highest BCUT2D eigenvalue weighted by Gasteiger charge is 2.27. The number of ether oxygens (including phenoxy) is 1. The van der Waals surface area contributed by atoms with E-state index in [2.05, 4.69) is 16.8 Å². The number of hydrogen-bond donors (Lipinski definition) is 0. The SMILES string of the molecule is COc1ccc(F)cc1C(=O)N1CCC(CN2CCN(C)CC2)CC1. The highest BCUT2D eigenvalue weighted by atomic mass is 19.1. The van der Waals surface area contributed by atoms with Gasteiger partial charge >= 0.3 is 0 Å². The van der Waals surface area contributed by atoms with E-state index in [1.807, 2.05) is 4.90 Å². The fourth-order valence-electron chi connectivity index (χ4n) is 3.73. The summed E-state index contributed by atoms with van der Waals surface area (Å²) in [6.07, 6.45) is 2.02. The monoisotopic (exact) mass is 349 g/mol. The number of benzene rings is 1. The quantitative estimate of drug-likeness (QED) is 0.832. The second-order valence-corrected chi connectivity index (χ2v) is 7.18. The third-order valence-corrected chi connectivity index (χ3v) is 5.41. The summed E-state index contributed by atoms with van der Waals surface area (Å²) in [7, 11) is 3.68. The third kappa shape index (κ3) is 4.50. The smallest absolute Gasteiger partial charge is 0.257 e. The molecule has 0 radical (unpaired) electrons. The van der Waals surface area contributed by atoms with Crippen molar-refractivity contribution in [1.82, 2.24) is 14.7 Å². The number of rotatable bonds is 4. The van der Waals surface area contributed by atoms with Gasteiger partial charge in [0.1, 0.15) is 11.6 Å². The molecule has 1 aromatic rings. The second-order valence-electron chi connectivity index (χ2n) is 7.18. The van der Waals surface area contributed by atoms with Crippen molar-refractivity contribution in [2.45, 2.75) is 12.8 Å². The molecule has 25 heavy (non-hydrogen) atoms. The summed E-state index contributed by atoms with van der Waals surface area (Å²) in [6, 6.07) is 4.11. The molecule has 0 unspecified atom stereocenters. The predicted molar refractivity (Wildman–Crippen MR) is 95.5 cm³/mol. The lowest BCUT2D eigenvalue weighted by Crippen LogP contribution is -2.48. The molecule has 2 heterocycles. The molecule has 0 saturated carbocycles. The van der Waals surface area contributed by atoms with E-state index in [9.17, 15) is 9.18 Å². The van der Waals surface area contributed by atoms with E-state index < -0.39 is 5.82 Å². The van der Waals surface area contributed by atoms with Gasteiger partial charge in [0.05, 0.1) is 12.7 Å². The lowest BCUT2D eigenvalue weighted by Gasteiger charge is -2.38. The Bertz CT molecular complexity index is 594. The van der Waals surface area contributed by atoms with Crippen LogP contribution in [-0.2, 0) is 0 Å². The number of halogens is 1. The van der Waals surface area contributed by atoms with Crippen molar-refractivity contribution in [3.8, 4) is 5.75 Å². The third-order valence-electron chi connectivity index (χ3n) is 5.41. The molecule has 5 nitrogen and oxygen atoms in total. The van der Waals surface area contributed by atoms with Crippen LogP contribution in [0.25, 0.3) is 0 Å². The molecule has 0 N–H and O–H groups in total. The maximum atomic E-state index is 13.5. The number of methoxy groups -OCH3 is 1. The number of piperidine rings is 1. The van der Waals surface area contributed by atoms with Crippen LogP contribution >= 0.6 is 0 Å². The van der Waals surface area contributed by atoms with Gasteiger partial charge in [-0.05, 0) is 44.0 Å². The Morgan fingerprint density at radius 2 is 1.84 bits per heavy atom. The van der Waals surface area contributed by atoms with Crippen LogP contribution < -0.4 is 4.74 Å². The molecule has 3 rings (SSSR count). The highest BCUT2D eigenvalue weighted by Crippen LogP contribution is 2.25. The van der Waals surface area contributed by atoms with Crippen LogP contribution in [0.2, 0.25) is 0 Å². The molecule has 2 aliphatic rings. The fourth-order valence-corrected chi connectivity index (χ4v) is 3.73. The van der Waals surface area contributed by atoms with Crippen LogP contribution in [0.1, 0.15) is 23.2 Å². The van der Waals surface area contributed by atoms with E-state index in [1.165, 1.54) is 25.3 Å². The van der Waals surface area contributed by atoms with E-state index in [1.54, 1.807) is 0 Å². The van der Waals surface area contributed by atoms with Gasteiger partial charge in [0.15, 0.2) is 0 Å². The van der Waals surface area contributed by atoms with E-state index in [0.29, 0.717) is 17.2 Å². The molecule has 1 aromatic carbocycles.